The molecule has 0 atom stereocenters. The summed E-state index contributed by atoms with van der Waals surface area (Å²) in [6.07, 6.45) is -5.57. The van der Waals surface area contributed by atoms with Crippen molar-refractivity contribution in [2.24, 2.45) is 0 Å². The smallest absolute Gasteiger partial charge is 0.392 e. The van der Waals surface area contributed by atoms with Gasteiger partial charge in [-0.1, -0.05) is 18.2 Å². The van der Waals surface area contributed by atoms with E-state index < -0.39 is 25.2 Å². The van der Waals surface area contributed by atoms with E-state index in [0.29, 0.717) is 11.3 Å². The van der Waals surface area contributed by atoms with Crippen molar-refractivity contribution in [1.82, 2.24) is 0 Å². The van der Waals surface area contributed by atoms with Crippen molar-refractivity contribution < 1.29 is 22.7 Å². The van der Waals surface area contributed by atoms with Crippen molar-refractivity contribution in [2.45, 2.75) is 19.0 Å². The first-order valence-corrected chi connectivity index (χ1v) is 4.94. The van der Waals surface area contributed by atoms with Gasteiger partial charge in [-0.3, -0.25) is 4.79 Å². The minimum absolute atomic E-state index is 0.121. The number of alkyl halides is 3. The van der Waals surface area contributed by atoms with Gasteiger partial charge in [0.2, 0.25) is 0 Å². The second-order valence-electron chi connectivity index (χ2n) is 3.46. The number of nitrogens with two attached hydrogens (primary N) is 1. The quantitative estimate of drug-likeness (QED) is 0.656. The molecular weight excluding hydrogens is 235 g/mol. The number of benzene rings is 1. The van der Waals surface area contributed by atoms with Crippen molar-refractivity contribution in [3.8, 4) is 0 Å². The van der Waals surface area contributed by atoms with E-state index in [1.807, 2.05) is 0 Å². The first-order chi connectivity index (χ1) is 7.88. The summed E-state index contributed by atoms with van der Waals surface area (Å²) in [5.74, 6) is -0.716. The molecule has 0 saturated carbocycles. The van der Waals surface area contributed by atoms with Crippen LogP contribution in [0.5, 0.6) is 0 Å². The maximum absolute atomic E-state index is 11.8. The molecule has 0 unspecified atom stereocenters. The monoisotopic (exact) mass is 247 g/mol. The van der Waals surface area contributed by atoms with Crippen molar-refractivity contribution >= 4 is 11.7 Å². The van der Waals surface area contributed by atoms with Crippen LogP contribution in [0.15, 0.2) is 24.3 Å². The second kappa shape index (κ2) is 5.56. The highest BCUT2D eigenvalue weighted by molar-refractivity contribution is 5.74. The molecule has 0 bridgehead atoms. The molecule has 0 aliphatic heterocycles. The molecule has 3 nitrogen and oxygen atoms in total. The summed E-state index contributed by atoms with van der Waals surface area (Å²) < 4.78 is 39.8. The van der Waals surface area contributed by atoms with Crippen LogP contribution in [0.25, 0.3) is 0 Å². The number of para-hydroxylation sites is 1. The molecule has 1 aromatic rings. The predicted molar refractivity (Wildman–Crippen MR) is 56.2 cm³/mol. The van der Waals surface area contributed by atoms with Gasteiger partial charge in [0.15, 0.2) is 0 Å². The molecular formula is C11H12F3NO2. The minimum atomic E-state index is -4.31. The highest BCUT2D eigenvalue weighted by atomic mass is 19.4. The summed E-state index contributed by atoms with van der Waals surface area (Å²) in [6.45, 7) is -0.658. The summed E-state index contributed by atoms with van der Waals surface area (Å²) >= 11 is 0. The molecule has 6 heteroatoms. The van der Waals surface area contributed by atoms with Crippen LogP contribution in [0, 0.1) is 0 Å². The van der Waals surface area contributed by atoms with Gasteiger partial charge < -0.3 is 10.5 Å². The zero-order valence-electron chi connectivity index (χ0n) is 8.96. The fourth-order valence-electron chi connectivity index (χ4n) is 1.18. The fourth-order valence-corrected chi connectivity index (χ4v) is 1.18. The van der Waals surface area contributed by atoms with E-state index in [2.05, 4.69) is 4.74 Å². The summed E-state index contributed by atoms with van der Waals surface area (Å²) in [6, 6.07) is 6.63. The molecule has 0 heterocycles. The van der Waals surface area contributed by atoms with Crippen molar-refractivity contribution in [2.75, 3.05) is 12.3 Å². The molecule has 0 radical (unpaired) electrons. The van der Waals surface area contributed by atoms with E-state index in [9.17, 15) is 18.0 Å². The molecule has 17 heavy (non-hydrogen) atoms. The van der Waals surface area contributed by atoms with Crippen LogP contribution in [0.1, 0.15) is 12.0 Å². The summed E-state index contributed by atoms with van der Waals surface area (Å²) in [7, 11) is 0. The number of ether oxygens (including phenoxy) is 1. The molecule has 0 fully saturated rings. The number of rotatable bonds is 4. The largest absolute Gasteiger partial charge is 0.465 e. The van der Waals surface area contributed by atoms with Gasteiger partial charge in [0.1, 0.15) is 0 Å². The molecule has 0 aliphatic carbocycles. The lowest BCUT2D eigenvalue weighted by atomic mass is 10.1. The van der Waals surface area contributed by atoms with Gasteiger partial charge in [-0.15, -0.1) is 0 Å². The first kappa shape index (κ1) is 13.3. The lowest BCUT2D eigenvalue weighted by molar-refractivity contribution is -0.158. The Morgan fingerprint density at radius 2 is 1.94 bits per heavy atom. The standard InChI is InChI=1S/C11H12F3NO2/c12-11(13,14)5-6-17-10(16)7-8-3-1-2-4-9(8)15/h1-4H,5-7,15H2. The highest BCUT2D eigenvalue weighted by Crippen LogP contribution is 2.19. The third kappa shape index (κ3) is 5.24. The Morgan fingerprint density at radius 1 is 1.29 bits per heavy atom. The number of hydrogen-bond donors (Lipinski definition) is 1. The maximum Gasteiger partial charge on any atom is 0.392 e. The summed E-state index contributed by atoms with van der Waals surface area (Å²) in [5, 5.41) is 0. The molecule has 94 valence electrons. The Hall–Kier alpha value is -1.72. The number of nitrogen functional groups attached to an aromatic ring is 1. The number of halogens is 3. The average molecular weight is 247 g/mol. The molecule has 0 amide bonds. The maximum atomic E-state index is 11.8. The van der Waals surface area contributed by atoms with Crippen LogP contribution in [0.2, 0.25) is 0 Å². The molecule has 1 rings (SSSR count). The van der Waals surface area contributed by atoms with Gasteiger partial charge >= 0.3 is 12.1 Å². The lowest BCUT2D eigenvalue weighted by Crippen LogP contribution is -2.16. The van der Waals surface area contributed by atoms with Gasteiger partial charge in [-0.2, -0.15) is 13.2 Å². The second-order valence-corrected chi connectivity index (χ2v) is 3.46. The molecule has 0 spiro atoms. The molecule has 0 aromatic heterocycles. The number of hydrogen-bond acceptors (Lipinski definition) is 3. The van der Waals surface area contributed by atoms with E-state index in [1.165, 1.54) is 0 Å². The Bertz CT molecular complexity index is 391. The number of carbonyl (C=O) groups excluding carboxylic acids is 1. The Labute approximate surface area is 96.4 Å². The predicted octanol–water partition coefficient (Wildman–Crippen LogP) is 2.31. The van der Waals surface area contributed by atoms with Gasteiger partial charge in [0.25, 0.3) is 0 Å². The molecule has 0 aliphatic rings. The van der Waals surface area contributed by atoms with Crippen LogP contribution in [-0.4, -0.2) is 18.8 Å². The van der Waals surface area contributed by atoms with E-state index >= 15 is 0 Å². The van der Waals surface area contributed by atoms with Crippen molar-refractivity contribution in [1.29, 1.82) is 0 Å². The Morgan fingerprint density at radius 3 is 2.53 bits per heavy atom. The molecule has 2 N–H and O–H groups in total. The zero-order valence-corrected chi connectivity index (χ0v) is 8.96. The number of anilines is 1. The van der Waals surface area contributed by atoms with E-state index in [1.54, 1.807) is 24.3 Å². The number of carbonyl (C=O) groups is 1. The van der Waals surface area contributed by atoms with Gasteiger partial charge in [-0.05, 0) is 11.6 Å². The van der Waals surface area contributed by atoms with Crippen LogP contribution in [0.3, 0.4) is 0 Å². The highest BCUT2D eigenvalue weighted by Gasteiger charge is 2.27. The normalized spacial score (nSPS) is 11.2. The lowest BCUT2D eigenvalue weighted by Gasteiger charge is -2.08. The Balaban J connectivity index is 2.38. The zero-order chi connectivity index (χ0) is 12.9. The van der Waals surface area contributed by atoms with E-state index in [-0.39, 0.29) is 6.42 Å². The van der Waals surface area contributed by atoms with E-state index in [4.69, 9.17) is 5.73 Å². The van der Waals surface area contributed by atoms with Crippen LogP contribution < -0.4 is 5.73 Å². The Kier molecular flexibility index (Phi) is 4.37. The van der Waals surface area contributed by atoms with Crippen molar-refractivity contribution in [3.05, 3.63) is 29.8 Å². The van der Waals surface area contributed by atoms with Crippen LogP contribution >= 0.6 is 0 Å². The third-order valence-electron chi connectivity index (χ3n) is 2.04. The average Bonchev–Trinajstić information content (AvgIpc) is 2.19. The van der Waals surface area contributed by atoms with E-state index in [0.717, 1.165) is 0 Å². The fraction of sp³-hybridized carbons (Fsp3) is 0.364. The minimum Gasteiger partial charge on any atom is -0.465 e. The summed E-state index contributed by atoms with van der Waals surface area (Å²) in [4.78, 5) is 11.2. The first-order valence-electron chi connectivity index (χ1n) is 4.94. The van der Waals surface area contributed by atoms with Gasteiger partial charge in [0.05, 0.1) is 19.4 Å². The van der Waals surface area contributed by atoms with Crippen LogP contribution in [0.4, 0.5) is 18.9 Å². The topological polar surface area (TPSA) is 52.3 Å². The van der Waals surface area contributed by atoms with Crippen LogP contribution in [-0.2, 0) is 16.0 Å². The number of esters is 1. The third-order valence-corrected chi connectivity index (χ3v) is 2.04. The summed E-state index contributed by atoms with van der Waals surface area (Å²) in [5.41, 5.74) is 6.54. The van der Waals surface area contributed by atoms with Gasteiger partial charge in [0, 0.05) is 5.69 Å². The van der Waals surface area contributed by atoms with Gasteiger partial charge in [-0.25, -0.2) is 0 Å². The molecule has 1 aromatic carbocycles. The van der Waals surface area contributed by atoms with Crippen molar-refractivity contribution in [3.63, 3.8) is 0 Å². The SMILES string of the molecule is Nc1ccccc1CC(=O)OCCC(F)(F)F. The molecule has 0 saturated heterocycles.